The van der Waals surface area contributed by atoms with Crippen LogP contribution in [0.4, 0.5) is 5.69 Å². The zero-order chi connectivity index (χ0) is 28.7. The molecule has 0 heterocycles. The minimum atomic E-state index is -4.25. The Balaban J connectivity index is 2.06. The molecule has 208 valence electrons. The normalized spacial score (nSPS) is 12.1. The maximum atomic E-state index is 13.9. The predicted octanol–water partition coefficient (Wildman–Crippen LogP) is 6.44. The molecular formula is C27H27Cl4N3O4S. The quantitative estimate of drug-likeness (QED) is 0.264. The number of nitrogens with one attached hydrogen (secondary N) is 1. The van der Waals surface area contributed by atoms with Crippen molar-refractivity contribution in [2.45, 2.75) is 37.8 Å². The third-order valence-electron chi connectivity index (χ3n) is 5.86. The molecule has 3 rings (SSSR count). The molecule has 0 saturated heterocycles. The fourth-order valence-corrected chi connectivity index (χ4v) is 6.21. The van der Waals surface area contributed by atoms with Crippen LogP contribution in [0.25, 0.3) is 0 Å². The van der Waals surface area contributed by atoms with E-state index in [0.29, 0.717) is 33.6 Å². The number of hydrogen-bond acceptors (Lipinski definition) is 4. The van der Waals surface area contributed by atoms with Crippen LogP contribution in [0.15, 0.2) is 71.6 Å². The van der Waals surface area contributed by atoms with Gasteiger partial charge in [0.2, 0.25) is 11.8 Å². The third kappa shape index (κ3) is 7.80. The lowest BCUT2D eigenvalue weighted by Crippen LogP contribution is -2.51. The molecule has 0 fully saturated rings. The molecule has 0 radical (unpaired) electrons. The van der Waals surface area contributed by atoms with Crippen molar-refractivity contribution < 1.29 is 18.0 Å². The Morgan fingerprint density at radius 1 is 0.897 bits per heavy atom. The largest absolute Gasteiger partial charge is 0.354 e. The molecule has 0 saturated carbocycles. The fourth-order valence-electron chi connectivity index (χ4n) is 3.73. The lowest BCUT2D eigenvalue weighted by molar-refractivity contribution is -0.139. The van der Waals surface area contributed by atoms with Gasteiger partial charge in [-0.2, -0.15) is 0 Å². The van der Waals surface area contributed by atoms with Crippen molar-refractivity contribution in [1.29, 1.82) is 0 Å². The number of carbonyl (C=O) groups excluding carboxylic acids is 2. The van der Waals surface area contributed by atoms with Crippen LogP contribution in [0.5, 0.6) is 0 Å². The van der Waals surface area contributed by atoms with Crippen molar-refractivity contribution in [1.82, 2.24) is 10.2 Å². The molecule has 3 aromatic rings. The average molecular weight is 631 g/mol. The van der Waals surface area contributed by atoms with E-state index in [1.807, 2.05) is 6.92 Å². The van der Waals surface area contributed by atoms with Gasteiger partial charge in [-0.05, 0) is 61.4 Å². The number of sulfonamides is 1. The number of benzene rings is 3. The summed E-state index contributed by atoms with van der Waals surface area (Å²) >= 11 is 24.9. The zero-order valence-corrected chi connectivity index (χ0v) is 25.0. The predicted molar refractivity (Wildman–Crippen MR) is 157 cm³/mol. The SMILES string of the molecule is CCCNC(=O)[C@@H](C)N(Cc1ccc(Cl)cc1Cl)C(=O)CN(c1ccc(Cl)cc1Cl)S(=O)(=O)c1ccccc1. The molecule has 0 aliphatic rings. The maximum absolute atomic E-state index is 13.9. The highest BCUT2D eigenvalue weighted by atomic mass is 35.5. The van der Waals surface area contributed by atoms with E-state index in [0.717, 1.165) is 4.31 Å². The molecule has 39 heavy (non-hydrogen) atoms. The first-order valence-electron chi connectivity index (χ1n) is 12.0. The van der Waals surface area contributed by atoms with Gasteiger partial charge in [0, 0.05) is 28.2 Å². The van der Waals surface area contributed by atoms with E-state index in [-0.39, 0.29) is 22.2 Å². The summed E-state index contributed by atoms with van der Waals surface area (Å²) in [5, 5.41) is 3.83. The van der Waals surface area contributed by atoms with Crippen molar-refractivity contribution >= 4 is 73.9 Å². The molecule has 12 heteroatoms. The molecular weight excluding hydrogens is 604 g/mol. The van der Waals surface area contributed by atoms with Gasteiger partial charge in [-0.1, -0.05) is 77.6 Å². The third-order valence-corrected chi connectivity index (χ3v) is 8.76. The van der Waals surface area contributed by atoms with Crippen LogP contribution in [0.3, 0.4) is 0 Å². The first kappa shape index (κ1) is 31.0. The van der Waals surface area contributed by atoms with Crippen LogP contribution in [-0.2, 0) is 26.2 Å². The fraction of sp³-hybridized carbons (Fsp3) is 0.259. The molecule has 1 N–H and O–H groups in total. The Labute approximate surface area is 248 Å². The Kier molecular flexibility index (Phi) is 10.9. The molecule has 0 aliphatic carbocycles. The van der Waals surface area contributed by atoms with Crippen molar-refractivity contribution in [3.8, 4) is 0 Å². The Bertz CT molecular complexity index is 1440. The van der Waals surface area contributed by atoms with E-state index in [1.54, 1.807) is 37.3 Å². The van der Waals surface area contributed by atoms with Crippen molar-refractivity contribution in [2.75, 3.05) is 17.4 Å². The second kappa shape index (κ2) is 13.7. The van der Waals surface area contributed by atoms with Gasteiger partial charge in [0.05, 0.1) is 15.6 Å². The monoisotopic (exact) mass is 629 g/mol. The Morgan fingerprint density at radius 3 is 2.10 bits per heavy atom. The van der Waals surface area contributed by atoms with Gasteiger partial charge in [-0.3, -0.25) is 13.9 Å². The van der Waals surface area contributed by atoms with E-state index < -0.39 is 34.4 Å². The highest BCUT2D eigenvalue weighted by Crippen LogP contribution is 2.33. The number of nitrogens with zero attached hydrogens (tertiary/aromatic N) is 2. The first-order valence-corrected chi connectivity index (χ1v) is 14.9. The smallest absolute Gasteiger partial charge is 0.264 e. The molecule has 0 bridgehead atoms. The van der Waals surface area contributed by atoms with Gasteiger partial charge >= 0.3 is 0 Å². The second-order valence-corrected chi connectivity index (χ2v) is 12.2. The van der Waals surface area contributed by atoms with Crippen LogP contribution in [0.2, 0.25) is 20.1 Å². The summed E-state index contributed by atoms with van der Waals surface area (Å²) < 4.78 is 28.5. The van der Waals surface area contributed by atoms with E-state index in [2.05, 4.69) is 5.32 Å². The van der Waals surface area contributed by atoms with Crippen molar-refractivity contribution in [2.24, 2.45) is 0 Å². The summed E-state index contributed by atoms with van der Waals surface area (Å²) in [6, 6.07) is 15.8. The van der Waals surface area contributed by atoms with Crippen molar-refractivity contribution in [3.05, 3.63) is 92.4 Å². The van der Waals surface area contributed by atoms with Gasteiger partial charge in [0.25, 0.3) is 10.0 Å². The summed E-state index contributed by atoms with van der Waals surface area (Å²) in [5.41, 5.74) is 0.595. The topological polar surface area (TPSA) is 86.8 Å². The average Bonchev–Trinajstić information content (AvgIpc) is 2.90. The summed E-state index contributed by atoms with van der Waals surface area (Å²) in [6.07, 6.45) is 0.702. The van der Waals surface area contributed by atoms with E-state index in [4.69, 9.17) is 46.4 Å². The van der Waals surface area contributed by atoms with Crippen LogP contribution in [-0.4, -0.2) is 44.3 Å². The molecule has 0 unspecified atom stereocenters. The first-order chi connectivity index (χ1) is 18.4. The molecule has 0 aromatic heterocycles. The number of anilines is 1. The van der Waals surface area contributed by atoms with Gasteiger partial charge in [-0.25, -0.2) is 8.42 Å². The Hall–Kier alpha value is -2.49. The number of hydrogen-bond donors (Lipinski definition) is 1. The van der Waals surface area contributed by atoms with Gasteiger partial charge in [-0.15, -0.1) is 0 Å². The van der Waals surface area contributed by atoms with E-state index >= 15 is 0 Å². The minimum absolute atomic E-state index is 0.0372. The maximum Gasteiger partial charge on any atom is 0.264 e. The molecule has 0 aliphatic heterocycles. The summed E-state index contributed by atoms with van der Waals surface area (Å²) in [5.74, 6) is -1.04. The molecule has 7 nitrogen and oxygen atoms in total. The van der Waals surface area contributed by atoms with Crippen LogP contribution in [0.1, 0.15) is 25.8 Å². The Morgan fingerprint density at radius 2 is 1.51 bits per heavy atom. The van der Waals surface area contributed by atoms with Crippen LogP contribution < -0.4 is 9.62 Å². The highest BCUT2D eigenvalue weighted by Gasteiger charge is 2.33. The lowest BCUT2D eigenvalue weighted by Gasteiger charge is -2.32. The van der Waals surface area contributed by atoms with E-state index in [9.17, 15) is 18.0 Å². The standard InChI is InChI=1S/C27H27Cl4N3O4S/c1-3-13-32-27(36)18(2)33(16-19-9-10-20(28)14-23(19)30)26(35)17-34(25-12-11-21(29)15-24(25)31)39(37,38)22-7-5-4-6-8-22/h4-12,14-15,18H,3,13,16-17H2,1-2H3,(H,32,36)/t18-/m1/s1. The molecule has 1 atom stereocenters. The number of amides is 2. The van der Waals surface area contributed by atoms with Gasteiger partial charge in [0.1, 0.15) is 12.6 Å². The van der Waals surface area contributed by atoms with Crippen molar-refractivity contribution in [3.63, 3.8) is 0 Å². The van der Waals surface area contributed by atoms with Gasteiger partial charge in [0.15, 0.2) is 0 Å². The van der Waals surface area contributed by atoms with E-state index in [1.165, 1.54) is 41.3 Å². The molecule has 0 spiro atoms. The second-order valence-electron chi connectivity index (χ2n) is 8.64. The summed E-state index contributed by atoms with van der Waals surface area (Å²) in [6.45, 7) is 3.18. The van der Waals surface area contributed by atoms with Crippen LogP contribution >= 0.6 is 46.4 Å². The summed E-state index contributed by atoms with van der Waals surface area (Å²) in [4.78, 5) is 28.0. The molecule has 2 amide bonds. The summed E-state index contributed by atoms with van der Waals surface area (Å²) in [7, 11) is -4.25. The van der Waals surface area contributed by atoms with Gasteiger partial charge < -0.3 is 10.2 Å². The zero-order valence-electron chi connectivity index (χ0n) is 21.2. The molecule has 3 aromatic carbocycles. The highest BCUT2D eigenvalue weighted by molar-refractivity contribution is 7.92. The minimum Gasteiger partial charge on any atom is -0.354 e. The van der Waals surface area contributed by atoms with Crippen LogP contribution in [0, 0.1) is 0 Å². The number of halogens is 4. The number of rotatable bonds is 11. The number of carbonyl (C=O) groups is 2. The lowest BCUT2D eigenvalue weighted by atomic mass is 10.1.